The van der Waals surface area contributed by atoms with Crippen molar-refractivity contribution in [1.82, 2.24) is 0 Å². The third kappa shape index (κ3) is 1.53. The minimum atomic E-state index is -0.755. The molecular weight excluding hydrogens is 200 g/mol. The lowest BCUT2D eigenvalue weighted by atomic mass is 10.2. The van der Waals surface area contributed by atoms with Crippen molar-refractivity contribution in [1.29, 1.82) is 0 Å². The molecule has 0 aromatic heterocycles. The second kappa shape index (κ2) is 3.09. The van der Waals surface area contributed by atoms with Crippen LogP contribution in [0.25, 0.3) is 0 Å². The minimum absolute atomic E-state index is 0.371. The van der Waals surface area contributed by atoms with Gasteiger partial charge in [-0.3, -0.25) is 15.1 Å². The lowest BCUT2D eigenvalue weighted by molar-refractivity contribution is -0.475. The zero-order chi connectivity index (χ0) is 7.56. The second-order valence-electron chi connectivity index (χ2n) is 2.10. The summed E-state index contributed by atoms with van der Waals surface area (Å²) in [5.41, 5.74) is 0.671. The topological polar surface area (TPSA) is 55.5 Å². The molecule has 0 bridgehead atoms. The van der Waals surface area contributed by atoms with Crippen molar-refractivity contribution in [2.45, 2.75) is 17.8 Å². The van der Waals surface area contributed by atoms with Crippen molar-refractivity contribution < 1.29 is 4.92 Å². The molecule has 1 heterocycles. The Bertz CT molecular complexity index is 180. The highest BCUT2D eigenvalue weighted by Gasteiger charge is 2.24. The summed E-state index contributed by atoms with van der Waals surface area (Å²) < 4.78 is 0. The summed E-state index contributed by atoms with van der Waals surface area (Å²) in [5, 5.41) is 10.2. The van der Waals surface area contributed by atoms with E-state index in [1.54, 1.807) is 0 Å². The van der Waals surface area contributed by atoms with Crippen LogP contribution in [0.4, 0.5) is 0 Å². The minimum Gasteiger partial charge on any atom is -0.286 e. The van der Waals surface area contributed by atoms with Crippen LogP contribution < -0.4 is 0 Å². The summed E-state index contributed by atoms with van der Waals surface area (Å²) in [6, 6.07) is 0. The summed E-state index contributed by atoms with van der Waals surface area (Å²) in [6.45, 7) is 0.741. The van der Waals surface area contributed by atoms with Crippen molar-refractivity contribution in [3.05, 3.63) is 10.1 Å². The molecule has 56 valence electrons. The average Bonchev–Trinajstić information content (AvgIpc) is 2.36. The summed E-state index contributed by atoms with van der Waals surface area (Å²) in [6.07, 6.45) is 1.71. The first-order chi connectivity index (χ1) is 4.72. The Morgan fingerprint density at radius 2 is 2.50 bits per heavy atom. The number of halogens is 1. The molecular formula is C5H7BrN2O2. The molecule has 0 amide bonds. The Morgan fingerprint density at radius 1 is 1.80 bits per heavy atom. The lowest BCUT2D eigenvalue weighted by Crippen LogP contribution is -2.20. The Labute approximate surface area is 66.6 Å². The van der Waals surface area contributed by atoms with Gasteiger partial charge in [-0.2, -0.15) is 0 Å². The number of alkyl halides is 1. The van der Waals surface area contributed by atoms with Crippen LogP contribution in [0.2, 0.25) is 0 Å². The van der Waals surface area contributed by atoms with Crippen molar-refractivity contribution in [3.8, 4) is 0 Å². The monoisotopic (exact) mass is 206 g/mol. The van der Waals surface area contributed by atoms with E-state index in [0.29, 0.717) is 5.71 Å². The standard InChI is InChI=1S/C5H7BrN2O2/c6-5(8(9)10)4-2-1-3-7-4/h5H,1-3H2. The van der Waals surface area contributed by atoms with Crippen LogP contribution in [0.3, 0.4) is 0 Å². The first-order valence-electron chi connectivity index (χ1n) is 3.02. The van der Waals surface area contributed by atoms with Gasteiger partial charge in [0.2, 0.25) is 0 Å². The second-order valence-corrected chi connectivity index (χ2v) is 2.97. The fraction of sp³-hybridized carbons (Fsp3) is 0.800. The van der Waals surface area contributed by atoms with E-state index in [4.69, 9.17) is 0 Å². The number of nitrogens with zero attached hydrogens (tertiary/aromatic N) is 2. The van der Waals surface area contributed by atoms with Crippen LogP contribution in [0.5, 0.6) is 0 Å². The fourth-order valence-electron chi connectivity index (χ4n) is 0.878. The first-order valence-corrected chi connectivity index (χ1v) is 3.94. The highest BCUT2D eigenvalue weighted by atomic mass is 79.9. The number of aliphatic imine (C=N–C) groups is 1. The molecule has 1 aliphatic rings. The van der Waals surface area contributed by atoms with E-state index in [1.807, 2.05) is 0 Å². The molecule has 1 aliphatic heterocycles. The predicted molar refractivity (Wildman–Crippen MR) is 41.2 cm³/mol. The van der Waals surface area contributed by atoms with Gasteiger partial charge in [0.05, 0.1) is 5.71 Å². The summed E-state index contributed by atoms with van der Waals surface area (Å²) >= 11 is 2.94. The fourth-order valence-corrected chi connectivity index (χ4v) is 1.25. The van der Waals surface area contributed by atoms with Gasteiger partial charge in [0.1, 0.15) is 0 Å². The molecule has 5 heteroatoms. The Kier molecular flexibility index (Phi) is 2.37. The van der Waals surface area contributed by atoms with E-state index >= 15 is 0 Å². The van der Waals surface area contributed by atoms with Crippen LogP contribution >= 0.6 is 15.9 Å². The Morgan fingerprint density at radius 3 is 2.90 bits per heavy atom. The van der Waals surface area contributed by atoms with Gasteiger partial charge in [-0.15, -0.1) is 0 Å². The number of nitro groups is 1. The largest absolute Gasteiger partial charge is 0.303 e. The molecule has 0 saturated carbocycles. The van der Waals surface area contributed by atoms with Gasteiger partial charge in [-0.1, -0.05) is 0 Å². The molecule has 0 aromatic rings. The van der Waals surface area contributed by atoms with E-state index in [1.165, 1.54) is 0 Å². The van der Waals surface area contributed by atoms with Gasteiger partial charge in [0.15, 0.2) is 0 Å². The lowest BCUT2D eigenvalue weighted by Gasteiger charge is -1.98. The predicted octanol–water partition coefficient (Wildman–Crippen LogP) is 1.22. The van der Waals surface area contributed by atoms with E-state index in [9.17, 15) is 10.1 Å². The van der Waals surface area contributed by atoms with Gasteiger partial charge in [-0.25, -0.2) is 0 Å². The molecule has 0 spiro atoms. The van der Waals surface area contributed by atoms with Gasteiger partial charge in [0, 0.05) is 27.4 Å². The smallest absolute Gasteiger partial charge is 0.286 e. The maximum atomic E-state index is 10.2. The summed E-state index contributed by atoms with van der Waals surface area (Å²) in [4.78, 5) is 13.0. The van der Waals surface area contributed by atoms with Crippen molar-refractivity contribution in [2.24, 2.45) is 4.99 Å². The van der Waals surface area contributed by atoms with Gasteiger partial charge in [0.25, 0.3) is 0 Å². The summed E-state index contributed by atoms with van der Waals surface area (Å²) in [7, 11) is 0. The molecule has 1 rings (SSSR count). The molecule has 1 atom stereocenters. The van der Waals surface area contributed by atoms with Gasteiger partial charge < -0.3 is 0 Å². The van der Waals surface area contributed by atoms with E-state index in [2.05, 4.69) is 20.9 Å². The zero-order valence-electron chi connectivity index (χ0n) is 5.29. The number of rotatable bonds is 2. The molecule has 10 heavy (non-hydrogen) atoms. The van der Waals surface area contributed by atoms with Crippen LogP contribution in [-0.2, 0) is 0 Å². The van der Waals surface area contributed by atoms with Gasteiger partial charge in [-0.05, 0) is 12.8 Å². The molecule has 4 nitrogen and oxygen atoms in total. The maximum absolute atomic E-state index is 10.2. The van der Waals surface area contributed by atoms with Crippen molar-refractivity contribution in [3.63, 3.8) is 0 Å². The molecule has 0 aromatic carbocycles. The first kappa shape index (κ1) is 7.65. The molecule has 0 N–H and O–H groups in total. The average molecular weight is 207 g/mol. The Hall–Kier alpha value is -0.450. The van der Waals surface area contributed by atoms with Crippen LogP contribution in [0.1, 0.15) is 12.8 Å². The quantitative estimate of drug-likeness (QED) is 0.296. The van der Waals surface area contributed by atoms with Crippen LogP contribution in [0, 0.1) is 10.1 Å². The van der Waals surface area contributed by atoms with Crippen molar-refractivity contribution >= 4 is 21.6 Å². The SMILES string of the molecule is O=[N+]([O-])C(Br)C1=NCCC1. The molecule has 1 unspecified atom stereocenters. The molecule has 0 fully saturated rings. The van der Waals surface area contributed by atoms with E-state index in [-0.39, 0.29) is 4.92 Å². The normalized spacial score (nSPS) is 20.3. The third-order valence-corrected chi connectivity index (χ3v) is 2.23. The number of hydrogen-bond acceptors (Lipinski definition) is 3. The Balaban J connectivity index is 2.55. The molecule has 0 aliphatic carbocycles. The highest BCUT2D eigenvalue weighted by Crippen LogP contribution is 2.13. The van der Waals surface area contributed by atoms with Crippen LogP contribution in [0.15, 0.2) is 4.99 Å². The van der Waals surface area contributed by atoms with Crippen molar-refractivity contribution in [2.75, 3.05) is 6.54 Å². The summed E-state index contributed by atoms with van der Waals surface area (Å²) in [5.74, 6) is 0. The zero-order valence-corrected chi connectivity index (χ0v) is 6.87. The maximum Gasteiger partial charge on any atom is 0.303 e. The van der Waals surface area contributed by atoms with E-state index < -0.39 is 4.95 Å². The number of hydrogen-bond donors (Lipinski definition) is 0. The highest BCUT2D eigenvalue weighted by molar-refractivity contribution is 9.09. The molecule has 0 saturated heterocycles. The van der Waals surface area contributed by atoms with Crippen LogP contribution in [-0.4, -0.2) is 22.1 Å². The molecule has 0 radical (unpaired) electrons. The third-order valence-electron chi connectivity index (χ3n) is 1.37. The van der Waals surface area contributed by atoms with Gasteiger partial charge >= 0.3 is 4.95 Å². The van der Waals surface area contributed by atoms with E-state index in [0.717, 1.165) is 19.4 Å².